The molecule has 3 aromatic rings. The second-order valence-electron chi connectivity index (χ2n) is 6.77. The van der Waals surface area contributed by atoms with E-state index in [2.05, 4.69) is 15.3 Å². The summed E-state index contributed by atoms with van der Waals surface area (Å²) in [5.41, 5.74) is 1.81. The zero-order valence-electron chi connectivity index (χ0n) is 16.4. The maximum absolute atomic E-state index is 6.03. The third-order valence-corrected chi connectivity index (χ3v) is 5.19. The molecule has 0 bridgehead atoms. The Balaban J connectivity index is 1.50. The van der Waals surface area contributed by atoms with Crippen LogP contribution in [0, 0.1) is 4.77 Å². The van der Waals surface area contributed by atoms with E-state index in [4.69, 9.17) is 38.0 Å². The van der Waals surface area contributed by atoms with E-state index in [1.165, 1.54) is 0 Å². The van der Waals surface area contributed by atoms with Crippen LogP contribution >= 0.6 is 23.8 Å². The van der Waals surface area contributed by atoms with Gasteiger partial charge in [0.2, 0.25) is 4.77 Å². The smallest absolute Gasteiger partial charge is 0.216 e. The van der Waals surface area contributed by atoms with Crippen LogP contribution < -0.4 is 9.47 Å². The number of methoxy groups -OCH3 is 1. The molecule has 30 heavy (non-hydrogen) atoms. The largest absolute Gasteiger partial charge is 0.493 e. The van der Waals surface area contributed by atoms with Gasteiger partial charge < -0.3 is 14.2 Å². The van der Waals surface area contributed by atoms with Gasteiger partial charge in [-0.3, -0.25) is 5.10 Å². The van der Waals surface area contributed by atoms with Crippen LogP contribution in [0.2, 0.25) is 5.02 Å². The van der Waals surface area contributed by atoms with Crippen LogP contribution in [-0.2, 0) is 11.3 Å². The molecule has 1 N–H and O–H groups in total. The molecule has 156 valence electrons. The summed E-state index contributed by atoms with van der Waals surface area (Å²) in [5.74, 6) is 1.92. The van der Waals surface area contributed by atoms with Crippen molar-refractivity contribution in [2.24, 2.45) is 5.10 Å². The Hall–Kier alpha value is -2.68. The lowest BCUT2D eigenvalue weighted by Crippen LogP contribution is -2.05. The molecule has 4 rings (SSSR count). The topological polar surface area (TPSA) is 73.7 Å². The lowest BCUT2D eigenvalue weighted by molar-refractivity contribution is 0.102. The molecule has 1 fully saturated rings. The number of rotatable bonds is 7. The molecule has 1 saturated heterocycles. The molecule has 2 aromatic carbocycles. The number of nitrogens with zero attached hydrogens (tertiary/aromatic N) is 3. The number of hydrogen-bond acceptors (Lipinski definition) is 6. The van der Waals surface area contributed by atoms with Crippen molar-refractivity contribution in [3.05, 3.63) is 69.2 Å². The van der Waals surface area contributed by atoms with E-state index in [1.807, 2.05) is 42.5 Å². The predicted molar refractivity (Wildman–Crippen MR) is 117 cm³/mol. The SMILES string of the molecule is COc1cc(/C=N\n2c(C3CCCO3)n[nH]c2=S)ccc1OCc1cccc(Cl)c1. The highest BCUT2D eigenvalue weighted by Crippen LogP contribution is 2.29. The summed E-state index contributed by atoms with van der Waals surface area (Å²) in [6.45, 7) is 1.11. The third-order valence-electron chi connectivity index (χ3n) is 4.69. The zero-order valence-corrected chi connectivity index (χ0v) is 17.9. The number of hydrogen-bond donors (Lipinski definition) is 1. The molecule has 7 nitrogen and oxygen atoms in total. The maximum Gasteiger partial charge on any atom is 0.216 e. The van der Waals surface area contributed by atoms with Gasteiger partial charge in [-0.05, 0) is 66.5 Å². The van der Waals surface area contributed by atoms with Crippen molar-refractivity contribution in [3.63, 3.8) is 0 Å². The van der Waals surface area contributed by atoms with Crippen molar-refractivity contribution in [1.29, 1.82) is 0 Å². The highest BCUT2D eigenvalue weighted by Gasteiger charge is 2.23. The quantitative estimate of drug-likeness (QED) is 0.413. The molecule has 1 aromatic heterocycles. The van der Waals surface area contributed by atoms with Crippen LogP contribution in [0.1, 0.15) is 35.9 Å². The van der Waals surface area contributed by atoms with E-state index in [0.29, 0.717) is 33.7 Å². The van der Waals surface area contributed by atoms with Crippen LogP contribution in [-0.4, -0.2) is 34.8 Å². The molecule has 0 saturated carbocycles. The van der Waals surface area contributed by atoms with Crippen molar-refractivity contribution in [2.75, 3.05) is 13.7 Å². The Morgan fingerprint density at radius 3 is 3.00 bits per heavy atom. The molecule has 0 radical (unpaired) electrons. The molecular weight excluding hydrogens is 424 g/mol. The first kappa shape index (κ1) is 20.6. The molecule has 0 spiro atoms. The highest BCUT2D eigenvalue weighted by atomic mass is 35.5. The predicted octanol–water partition coefficient (Wildman–Crippen LogP) is 4.92. The minimum absolute atomic E-state index is 0.0908. The fraction of sp³-hybridized carbons (Fsp3) is 0.286. The van der Waals surface area contributed by atoms with Crippen molar-refractivity contribution in [2.45, 2.75) is 25.6 Å². The van der Waals surface area contributed by atoms with Gasteiger partial charge in [0.1, 0.15) is 12.7 Å². The molecule has 1 aliphatic rings. The van der Waals surface area contributed by atoms with Crippen molar-refractivity contribution in [1.82, 2.24) is 14.9 Å². The lowest BCUT2D eigenvalue weighted by atomic mass is 10.2. The number of benzene rings is 2. The van der Waals surface area contributed by atoms with E-state index >= 15 is 0 Å². The third kappa shape index (κ3) is 4.72. The van der Waals surface area contributed by atoms with Gasteiger partial charge in [0.05, 0.1) is 13.3 Å². The molecule has 2 heterocycles. The summed E-state index contributed by atoms with van der Waals surface area (Å²) in [6, 6.07) is 13.1. The normalized spacial score (nSPS) is 16.3. The van der Waals surface area contributed by atoms with Crippen molar-refractivity contribution >= 4 is 30.0 Å². The van der Waals surface area contributed by atoms with E-state index in [0.717, 1.165) is 30.6 Å². The van der Waals surface area contributed by atoms with E-state index in [-0.39, 0.29) is 6.10 Å². The molecular formula is C21H21ClN4O3S. The summed E-state index contributed by atoms with van der Waals surface area (Å²) in [4.78, 5) is 0. The number of halogens is 1. The Bertz CT molecular complexity index is 1110. The Morgan fingerprint density at radius 2 is 2.23 bits per heavy atom. The summed E-state index contributed by atoms with van der Waals surface area (Å²) >= 11 is 11.3. The number of H-pyrrole nitrogens is 1. The average Bonchev–Trinajstić information content (AvgIpc) is 3.41. The van der Waals surface area contributed by atoms with E-state index in [9.17, 15) is 0 Å². The number of nitrogens with one attached hydrogen (secondary N) is 1. The van der Waals surface area contributed by atoms with E-state index in [1.54, 1.807) is 18.0 Å². The number of ether oxygens (including phenoxy) is 3. The highest BCUT2D eigenvalue weighted by molar-refractivity contribution is 7.71. The molecule has 1 atom stereocenters. The maximum atomic E-state index is 6.03. The first-order valence-electron chi connectivity index (χ1n) is 9.52. The minimum Gasteiger partial charge on any atom is -0.493 e. The molecule has 1 unspecified atom stereocenters. The van der Waals surface area contributed by atoms with Gasteiger partial charge in [-0.1, -0.05) is 23.7 Å². The first-order valence-corrected chi connectivity index (χ1v) is 10.3. The van der Waals surface area contributed by atoms with Gasteiger partial charge in [0, 0.05) is 11.6 Å². The van der Waals surface area contributed by atoms with Gasteiger partial charge >= 0.3 is 0 Å². The van der Waals surface area contributed by atoms with Crippen molar-refractivity contribution < 1.29 is 14.2 Å². The molecule has 1 aliphatic heterocycles. The van der Waals surface area contributed by atoms with Gasteiger partial charge in [-0.2, -0.15) is 14.9 Å². The Labute approximate surface area is 184 Å². The van der Waals surface area contributed by atoms with Crippen LogP contribution in [0.5, 0.6) is 11.5 Å². The molecule has 0 aliphatic carbocycles. The number of aromatic amines is 1. The first-order chi connectivity index (χ1) is 14.6. The second kappa shape index (κ2) is 9.42. The zero-order chi connectivity index (χ0) is 20.9. The number of aromatic nitrogens is 3. The molecule has 9 heteroatoms. The van der Waals surface area contributed by atoms with Crippen LogP contribution in [0.25, 0.3) is 0 Å². The summed E-state index contributed by atoms with van der Waals surface area (Å²) in [5, 5.41) is 12.2. The van der Waals surface area contributed by atoms with Gasteiger partial charge in [-0.15, -0.1) is 0 Å². The second-order valence-corrected chi connectivity index (χ2v) is 7.60. The summed E-state index contributed by atoms with van der Waals surface area (Å²) < 4.78 is 19.1. The van der Waals surface area contributed by atoms with Gasteiger partial charge in [-0.25, -0.2) is 0 Å². The fourth-order valence-corrected chi connectivity index (χ4v) is 3.60. The van der Waals surface area contributed by atoms with E-state index < -0.39 is 0 Å². The minimum atomic E-state index is -0.0908. The van der Waals surface area contributed by atoms with Crippen LogP contribution in [0.4, 0.5) is 0 Å². The van der Waals surface area contributed by atoms with Gasteiger partial charge in [0.15, 0.2) is 17.3 Å². The average molecular weight is 445 g/mol. The van der Waals surface area contributed by atoms with Crippen molar-refractivity contribution in [3.8, 4) is 11.5 Å². The Morgan fingerprint density at radius 1 is 1.33 bits per heavy atom. The summed E-state index contributed by atoms with van der Waals surface area (Å²) in [7, 11) is 1.60. The lowest BCUT2D eigenvalue weighted by Gasteiger charge is -2.11. The van der Waals surface area contributed by atoms with Gasteiger partial charge in [0.25, 0.3) is 0 Å². The standard InChI is InChI=1S/C21H21ClN4O3S/c1-27-19-11-14(7-8-17(19)29-13-15-4-2-5-16(22)10-15)12-23-26-20(24-25-21(26)30)18-6-3-9-28-18/h2,4-5,7-8,10-12,18H,3,6,9,13H2,1H3,(H,25,30)/b23-12-. The summed E-state index contributed by atoms with van der Waals surface area (Å²) in [6.07, 6.45) is 3.52. The van der Waals surface area contributed by atoms with Crippen LogP contribution in [0.3, 0.4) is 0 Å². The monoisotopic (exact) mass is 444 g/mol. The molecule has 0 amide bonds. The fourth-order valence-electron chi connectivity index (χ4n) is 3.20. The Kier molecular flexibility index (Phi) is 6.47. The van der Waals surface area contributed by atoms with Crippen LogP contribution in [0.15, 0.2) is 47.6 Å².